The number of fused-ring (bicyclic) bond motifs is 1. The number of benzene rings is 1. The van der Waals surface area contributed by atoms with Crippen molar-refractivity contribution in [3.05, 3.63) is 48.2 Å². The fourth-order valence-electron chi connectivity index (χ4n) is 1.81. The van der Waals surface area contributed by atoms with Gasteiger partial charge in [0.05, 0.1) is 18.3 Å². The summed E-state index contributed by atoms with van der Waals surface area (Å²) in [5, 5.41) is 3.26. The maximum absolute atomic E-state index is 11.6. The highest BCUT2D eigenvalue weighted by Gasteiger charge is 2.07. The van der Waals surface area contributed by atoms with E-state index in [0.717, 1.165) is 10.9 Å². The van der Waals surface area contributed by atoms with E-state index in [4.69, 9.17) is 4.74 Å². The van der Waals surface area contributed by atoms with Crippen molar-refractivity contribution >= 4 is 34.8 Å². The average Bonchev–Trinajstić information content (AvgIpc) is 2.62. The van der Waals surface area contributed by atoms with Crippen molar-refractivity contribution in [2.75, 3.05) is 20.3 Å². The van der Waals surface area contributed by atoms with Crippen LogP contribution in [0, 0.1) is 0 Å². The molecule has 0 aliphatic carbocycles. The topological polar surface area (TPSA) is 94.6 Å². The second kappa shape index (κ2) is 8.42. The summed E-state index contributed by atoms with van der Waals surface area (Å²) in [6.07, 6.45) is 2.69. The molecule has 1 heterocycles. The van der Waals surface area contributed by atoms with Gasteiger partial charge in [0, 0.05) is 11.5 Å². The van der Waals surface area contributed by atoms with Gasteiger partial charge in [0.15, 0.2) is 6.61 Å². The van der Waals surface area contributed by atoms with E-state index < -0.39 is 24.5 Å². The molecule has 0 aliphatic heterocycles. The summed E-state index contributed by atoms with van der Waals surface area (Å²) in [4.78, 5) is 38.1. The van der Waals surface area contributed by atoms with Crippen molar-refractivity contribution in [2.45, 2.75) is 0 Å². The Hall–Kier alpha value is -3.22. The summed E-state index contributed by atoms with van der Waals surface area (Å²) in [5.74, 6) is -1.86. The Morgan fingerprint density at radius 3 is 2.75 bits per heavy atom. The first-order valence-corrected chi connectivity index (χ1v) is 7.12. The normalized spacial score (nSPS) is 10.5. The maximum Gasteiger partial charge on any atom is 0.331 e. The van der Waals surface area contributed by atoms with Crippen molar-refractivity contribution in [3.63, 3.8) is 0 Å². The molecular weight excluding hydrogens is 312 g/mol. The molecule has 7 heteroatoms. The van der Waals surface area contributed by atoms with Crippen LogP contribution in [0.3, 0.4) is 0 Å². The molecule has 1 aromatic carbocycles. The summed E-state index contributed by atoms with van der Waals surface area (Å²) in [6.45, 7) is -0.755. The molecule has 0 atom stereocenters. The molecule has 0 bridgehead atoms. The minimum absolute atomic E-state index is 0.274. The SMILES string of the molecule is COC(=O)CNC(=O)COC(=O)C=Cc1ccc2ccccc2n1. The van der Waals surface area contributed by atoms with E-state index in [1.165, 1.54) is 19.3 Å². The number of nitrogens with zero attached hydrogens (tertiary/aromatic N) is 1. The van der Waals surface area contributed by atoms with E-state index >= 15 is 0 Å². The largest absolute Gasteiger partial charge is 0.468 e. The van der Waals surface area contributed by atoms with Gasteiger partial charge in [0.25, 0.3) is 5.91 Å². The Kier molecular flexibility index (Phi) is 6.01. The molecule has 0 aliphatic rings. The molecule has 0 fully saturated rings. The van der Waals surface area contributed by atoms with Gasteiger partial charge in [-0.2, -0.15) is 0 Å². The van der Waals surface area contributed by atoms with Crippen molar-refractivity contribution in [3.8, 4) is 0 Å². The number of hydrogen-bond donors (Lipinski definition) is 1. The van der Waals surface area contributed by atoms with Gasteiger partial charge in [-0.05, 0) is 18.2 Å². The third-order valence-corrected chi connectivity index (χ3v) is 3.01. The Labute approximate surface area is 138 Å². The molecule has 0 spiro atoms. The number of ether oxygens (including phenoxy) is 2. The summed E-state index contributed by atoms with van der Waals surface area (Å²) < 4.78 is 9.13. The number of hydrogen-bond acceptors (Lipinski definition) is 6. The summed E-state index contributed by atoms with van der Waals surface area (Å²) in [5.41, 5.74) is 1.41. The number of pyridine rings is 1. The van der Waals surface area contributed by atoms with E-state index in [1.54, 1.807) is 6.07 Å². The summed E-state index contributed by atoms with van der Waals surface area (Å²) in [7, 11) is 1.21. The van der Waals surface area contributed by atoms with E-state index in [1.807, 2.05) is 30.3 Å². The van der Waals surface area contributed by atoms with Crippen LogP contribution in [0.4, 0.5) is 0 Å². The van der Waals surface area contributed by atoms with Crippen LogP contribution in [-0.4, -0.2) is 43.1 Å². The Morgan fingerprint density at radius 1 is 1.17 bits per heavy atom. The number of nitrogens with one attached hydrogen (secondary N) is 1. The van der Waals surface area contributed by atoms with Crippen molar-refractivity contribution in [1.82, 2.24) is 10.3 Å². The number of esters is 2. The fourth-order valence-corrected chi connectivity index (χ4v) is 1.81. The smallest absolute Gasteiger partial charge is 0.331 e. The number of amides is 1. The third kappa shape index (κ3) is 5.20. The maximum atomic E-state index is 11.6. The van der Waals surface area contributed by atoms with Crippen LogP contribution in [0.5, 0.6) is 0 Å². The monoisotopic (exact) mass is 328 g/mol. The van der Waals surface area contributed by atoms with Crippen molar-refractivity contribution in [2.24, 2.45) is 0 Å². The molecule has 1 N–H and O–H groups in total. The van der Waals surface area contributed by atoms with Crippen LogP contribution in [0.15, 0.2) is 42.5 Å². The van der Waals surface area contributed by atoms with Gasteiger partial charge >= 0.3 is 11.9 Å². The van der Waals surface area contributed by atoms with Crippen LogP contribution >= 0.6 is 0 Å². The molecule has 1 amide bonds. The molecule has 7 nitrogen and oxygen atoms in total. The molecule has 0 unspecified atom stereocenters. The third-order valence-electron chi connectivity index (χ3n) is 3.01. The first-order chi connectivity index (χ1) is 11.6. The van der Waals surface area contributed by atoms with Crippen LogP contribution in [-0.2, 0) is 23.9 Å². The Balaban J connectivity index is 1.83. The van der Waals surface area contributed by atoms with Crippen LogP contribution in [0.2, 0.25) is 0 Å². The minimum atomic E-state index is -0.682. The molecule has 124 valence electrons. The quantitative estimate of drug-likeness (QED) is 0.630. The number of para-hydroxylation sites is 1. The second-order valence-corrected chi connectivity index (χ2v) is 4.72. The van der Waals surface area contributed by atoms with Gasteiger partial charge in [-0.15, -0.1) is 0 Å². The van der Waals surface area contributed by atoms with Gasteiger partial charge in [0.2, 0.25) is 0 Å². The zero-order valence-electron chi connectivity index (χ0n) is 13.0. The molecule has 0 saturated heterocycles. The highest BCUT2D eigenvalue weighted by atomic mass is 16.5. The lowest BCUT2D eigenvalue weighted by atomic mass is 10.2. The number of methoxy groups -OCH3 is 1. The van der Waals surface area contributed by atoms with Crippen LogP contribution < -0.4 is 5.32 Å². The number of carbonyl (C=O) groups excluding carboxylic acids is 3. The predicted molar refractivity (Wildman–Crippen MR) is 86.8 cm³/mol. The van der Waals surface area contributed by atoms with Gasteiger partial charge in [-0.3, -0.25) is 9.59 Å². The first kappa shape index (κ1) is 17.1. The second-order valence-electron chi connectivity index (χ2n) is 4.72. The zero-order chi connectivity index (χ0) is 17.4. The van der Waals surface area contributed by atoms with Crippen LogP contribution in [0.1, 0.15) is 5.69 Å². The first-order valence-electron chi connectivity index (χ1n) is 7.12. The molecule has 0 saturated carbocycles. The van der Waals surface area contributed by atoms with Gasteiger partial charge in [-0.1, -0.05) is 24.3 Å². The molecule has 24 heavy (non-hydrogen) atoms. The highest BCUT2D eigenvalue weighted by molar-refractivity contribution is 5.90. The Bertz CT molecular complexity index is 785. The number of aromatic nitrogens is 1. The molecule has 2 aromatic rings. The van der Waals surface area contributed by atoms with Gasteiger partial charge in [0.1, 0.15) is 6.54 Å². The summed E-state index contributed by atoms with van der Waals surface area (Å²) in [6, 6.07) is 11.3. The number of rotatable bonds is 6. The van der Waals surface area contributed by atoms with Gasteiger partial charge < -0.3 is 14.8 Å². The zero-order valence-corrected chi connectivity index (χ0v) is 13.0. The lowest BCUT2D eigenvalue weighted by Crippen LogP contribution is -2.33. The average molecular weight is 328 g/mol. The standard InChI is InChI=1S/C17H16N2O5/c1-23-17(22)10-18-15(20)11-24-16(21)9-8-13-7-6-12-4-2-3-5-14(12)19-13/h2-9H,10-11H2,1H3,(H,18,20). The Morgan fingerprint density at radius 2 is 1.96 bits per heavy atom. The minimum Gasteiger partial charge on any atom is -0.468 e. The van der Waals surface area contributed by atoms with Crippen LogP contribution in [0.25, 0.3) is 17.0 Å². The lowest BCUT2D eigenvalue weighted by Gasteiger charge is -2.03. The lowest BCUT2D eigenvalue weighted by molar-refractivity contribution is -0.145. The summed E-state index contributed by atoms with van der Waals surface area (Å²) >= 11 is 0. The molecule has 1 aromatic heterocycles. The number of carbonyl (C=O) groups is 3. The van der Waals surface area contributed by atoms with Crippen molar-refractivity contribution in [1.29, 1.82) is 0 Å². The van der Waals surface area contributed by atoms with E-state index in [-0.39, 0.29) is 6.54 Å². The van der Waals surface area contributed by atoms with E-state index in [2.05, 4.69) is 15.0 Å². The predicted octanol–water partition coefficient (Wildman–Crippen LogP) is 1.08. The molecule has 0 radical (unpaired) electrons. The van der Waals surface area contributed by atoms with E-state index in [0.29, 0.717) is 5.69 Å². The van der Waals surface area contributed by atoms with Gasteiger partial charge in [-0.25, -0.2) is 9.78 Å². The highest BCUT2D eigenvalue weighted by Crippen LogP contribution is 2.12. The molecule has 2 rings (SSSR count). The fraction of sp³-hybridized carbons (Fsp3) is 0.176. The molecular formula is C17H16N2O5. The van der Waals surface area contributed by atoms with E-state index in [9.17, 15) is 14.4 Å². The van der Waals surface area contributed by atoms with Crippen molar-refractivity contribution < 1.29 is 23.9 Å².